The van der Waals surface area contributed by atoms with Crippen molar-refractivity contribution in [2.75, 3.05) is 24.9 Å². The molecular formula is C21H20N2O2S2. The van der Waals surface area contributed by atoms with Crippen molar-refractivity contribution in [1.82, 2.24) is 0 Å². The van der Waals surface area contributed by atoms with Crippen LogP contribution in [0, 0.1) is 0 Å². The molecule has 0 spiro atoms. The number of nitrogens with one attached hydrogen (secondary N) is 2. The third-order valence-electron chi connectivity index (χ3n) is 3.76. The van der Waals surface area contributed by atoms with Crippen molar-refractivity contribution in [3.63, 3.8) is 0 Å². The number of benzene rings is 3. The van der Waals surface area contributed by atoms with Crippen LogP contribution in [0.25, 0.3) is 0 Å². The van der Waals surface area contributed by atoms with Crippen LogP contribution in [0.15, 0.2) is 82.6 Å². The van der Waals surface area contributed by atoms with E-state index in [4.69, 9.17) is 21.7 Å². The molecule has 27 heavy (non-hydrogen) atoms. The predicted octanol–water partition coefficient (Wildman–Crippen LogP) is 5.66. The maximum Gasteiger partial charge on any atom is 0.175 e. The summed E-state index contributed by atoms with van der Waals surface area (Å²) >= 11 is 7.18. The second-order valence-electron chi connectivity index (χ2n) is 5.56. The molecule has 138 valence electrons. The number of hydrogen-bond donors (Lipinski definition) is 2. The Hall–Kier alpha value is -2.70. The van der Waals surface area contributed by atoms with Crippen molar-refractivity contribution in [2.24, 2.45) is 0 Å². The van der Waals surface area contributed by atoms with E-state index in [0.717, 1.165) is 22.0 Å². The van der Waals surface area contributed by atoms with Crippen molar-refractivity contribution >= 4 is 40.5 Å². The van der Waals surface area contributed by atoms with Crippen LogP contribution in [0.5, 0.6) is 11.5 Å². The van der Waals surface area contributed by atoms with Gasteiger partial charge in [-0.2, -0.15) is 0 Å². The molecule has 4 nitrogen and oxygen atoms in total. The Bertz CT molecular complexity index is 917. The zero-order valence-corrected chi connectivity index (χ0v) is 16.7. The molecule has 3 rings (SSSR count). The second kappa shape index (κ2) is 9.30. The second-order valence-corrected chi connectivity index (χ2v) is 7.08. The van der Waals surface area contributed by atoms with Crippen LogP contribution >= 0.6 is 24.0 Å². The Balaban J connectivity index is 1.75. The number of methoxy groups -OCH3 is 2. The Kier molecular flexibility index (Phi) is 6.57. The topological polar surface area (TPSA) is 42.5 Å². The molecule has 0 saturated heterocycles. The molecule has 0 unspecified atom stereocenters. The lowest BCUT2D eigenvalue weighted by atomic mass is 10.2. The molecule has 0 bridgehead atoms. The summed E-state index contributed by atoms with van der Waals surface area (Å²) in [6.45, 7) is 0. The molecule has 3 aromatic rings. The van der Waals surface area contributed by atoms with E-state index in [2.05, 4.69) is 28.8 Å². The monoisotopic (exact) mass is 396 g/mol. The van der Waals surface area contributed by atoms with Gasteiger partial charge in [-0.15, -0.1) is 0 Å². The third kappa shape index (κ3) is 5.15. The van der Waals surface area contributed by atoms with Gasteiger partial charge in [-0.05, 0) is 48.6 Å². The summed E-state index contributed by atoms with van der Waals surface area (Å²) in [6.07, 6.45) is 0. The zero-order chi connectivity index (χ0) is 19.1. The number of rotatable bonds is 6. The van der Waals surface area contributed by atoms with Gasteiger partial charge >= 0.3 is 0 Å². The minimum atomic E-state index is 0.475. The molecule has 0 aliphatic heterocycles. The average molecular weight is 397 g/mol. The van der Waals surface area contributed by atoms with Crippen molar-refractivity contribution < 1.29 is 9.47 Å². The first-order valence-electron chi connectivity index (χ1n) is 8.31. The lowest BCUT2D eigenvalue weighted by Gasteiger charge is -2.16. The smallest absolute Gasteiger partial charge is 0.175 e. The molecule has 0 atom stereocenters. The molecule has 2 N–H and O–H groups in total. The Morgan fingerprint density at radius 3 is 2.26 bits per heavy atom. The van der Waals surface area contributed by atoms with Gasteiger partial charge in [0.15, 0.2) is 5.11 Å². The first-order chi connectivity index (χ1) is 13.2. The number of hydrogen-bond acceptors (Lipinski definition) is 4. The summed E-state index contributed by atoms with van der Waals surface area (Å²) in [5, 5.41) is 6.93. The van der Waals surface area contributed by atoms with Crippen LogP contribution in [0.2, 0.25) is 0 Å². The van der Waals surface area contributed by atoms with E-state index in [9.17, 15) is 0 Å². The Labute approximate surface area is 168 Å². The summed E-state index contributed by atoms with van der Waals surface area (Å²) in [6, 6.07) is 23.8. The van der Waals surface area contributed by atoms with E-state index in [-0.39, 0.29) is 0 Å². The van der Waals surface area contributed by atoms with Crippen molar-refractivity contribution in [1.29, 1.82) is 0 Å². The van der Waals surface area contributed by atoms with Gasteiger partial charge in [0.1, 0.15) is 11.5 Å². The predicted molar refractivity (Wildman–Crippen MR) is 116 cm³/mol. The highest BCUT2D eigenvalue weighted by molar-refractivity contribution is 7.99. The molecule has 0 aromatic heterocycles. The van der Waals surface area contributed by atoms with E-state index < -0.39 is 0 Å². The zero-order valence-electron chi connectivity index (χ0n) is 15.1. The lowest BCUT2D eigenvalue weighted by molar-refractivity contribution is 0.405. The summed E-state index contributed by atoms with van der Waals surface area (Å²) in [7, 11) is 3.24. The van der Waals surface area contributed by atoms with E-state index in [0.29, 0.717) is 10.9 Å². The highest BCUT2D eigenvalue weighted by atomic mass is 32.2. The molecule has 0 aliphatic rings. The fourth-order valence-electron chi connectivity index (χ4n) is 2.46. The minimum Gasteiger partial charge on any atom is -0.497 e. The van der Waals surface area contributed by atoms with Crippen LogP contribution < -0.4 is 20.1 Å². The molecule has 0 radical (unpaired) electrons. The number of anilines is 2. The molecule has 0 fully saturated rings. The molecule has 0 heterocycles. The van der Waals surface area contributed by atoms with Gasteiger partial charge in [-0.1, -0.05) is 42.1 Å². The fourth-order valence-corrected chi connectivity index (χ4v) is 3.60. The van der Waals surface area contributed by atoms with Gasteiger partial charge in [-0.25, -0.2) is 0 Å². The number of ether oxygens (including phenoxy) is 2. The summed E-state index contributed by atoms with van der Waals surface area (Å²) < 4.78 is 10.7. The van der Waals surface area contributed by atoms with Crippen molar-refractivity contribution in [3.05, 3.63) is 72.8 Å². The molecule has 0 amide bonds. The van der Waals surface area contributed by atoms with Gasteiger partial charge < -0.3 is 20.1 Å². The standard InChI is InChI=1S/C21H20N2O2S2/c1-24-15-12-13-19(25-2)18(14-15)23-21(26)22-17-10-6-7-11-20(17)27-16-8-4-3-5-9-16/h3-14H,1-2H3,(H2,22,23,26). The van der Waals surface area contributed by atoms with E-state index >= 15 is 0 Å². The van der Waals surface area contributed by atoms with Gasteiger partial charge in [-0.3, -0.25) is 0 Å². The molecule has 0 aliphatic carbocycles. The normalized spacial score (nSPS) is 10.1. The Morgan fingerprint density at radius 1 is 0.815 bits per heavy atom. The number of thiocarbonyl (C=S) groups is 1. The molecule has 0 saturated carbocycles. The molecule has 6 heteroatoms. The maximum absolute atomic E-state index is 5.50. The van der Waals surface area contributed by atoms with E-state index in [1.807, 2.05) is 54.6 Å². The van der Waals surface area contributed by atoms with Crippen LogP contribution in [-0.4, -0.2) is 19.3 Å². The van der Waals surface area contributed by atoms with Crippen LogP contribution in [-0.2, 0) is 0 Å². The van der Waals surface area contributed by atoms with E-state index in [1.165, 1.54) is 4.90 Å². The van der Waals surface area contributed by atoms with Gasteiger partial charge in [0.2, 0.25) is 0 Å². The highest BCUT2D eigenvalue weighted by Crippen LogP contribution is 2.34. The fraction of sp³-hybridized carbons (Fsp3) is 0.0952. The molecule has 3 aromatic carbocycles. The van der Waals surface area contributed by atoms with Gasteiger partial charge in [0, 0.05) is 15.9 Å². The highest BCUT2D eigenvalue weighted by Gasteiger charge is 2.09. The lowest BCUT2D eigenvalue weighted by Crippen LogP contribution is -2.20. The first-order valence-corrected chi connectivity index (χ1v) is 9.54. The Morgan fingerprint density at radius 2 is 1.52 bits per heavy atom. The SMILES string of the molecule is COc1ccc(OC)c(NC(=S)Nc2ccccc2Sc2ccccc2)c1. The first kappa shape index (κ1) is 19.1. The van der Waals surface area contributed by atoms with Crippen LogP contribution in [0.1, 0.15) is 0 Å². The van der Waals surface area contributed by atoms with Crippen molar-refractivity contribution in [2.45, 2.75) is 9.79 Å². The quantitative estimate of drug-likeness (QED) is 0.524. The van der Waals surface area contributed by atoms with Gasteiger partial charge in [0.05, 0.1) is 25.6 Å². The minimum absolute atomic E-state index is 0.475. The van der Waals surface area contributed by atoms with E-state index in [1.54, 1.807) is 26.0 Å². The number of para-hydroxylation sites is 1. The summed E-state index contributed by atoms with van der Waals surface area (Å²) in [5.41, 5.74) is 1.67. The third-order valence-corrected chi connectivity index (χ3v) is 5.05. The maximum atomic E-state index is 5.50. The largest absolute Gasteiger partial charge is 0.497 e. The summed E-state index contributed by atoms with van der Waals surface area (Å²) in [4.78, 5) is 2.26. The van der Waals surface area contributed by atoms with Crippen LogP contribution in [0.4, 0.5) is 11.4 Å². The average Bonchev–Trinajstić information content (AvgIpc) is 2.70. The van der Waals surface area contributed by atoms with Crippen molar-refractivity contribution in [3.8, 4) is 11.5 Å². The van der Waals surface area contributed by atoms with Gasteiger partial charge in [0.25, 0.3) is 0 Å². The van der Waals surface area contributed by atoms with Crippen LogP contribution in [0.3, 0.4) is 0 Å². The molecular weight excluding hydrogens is 376 g/mol. The summed E-state index contributed by atoms with van der Waals surface area (Å²) in [5.74, 6) is 1.41.